The quantitative estimate of drug-likeness (QED) is 0.337. The van der Waals surface area contributed by atoms with E-state index in [1.54, 1.807) is 36.7 Å². The fraction of sp³-hybridized carbons (Fsp3) is 0.269. The second-order valence-electron chi connectivity index (χ2n) is 8.24. The maximum atomic E-state index is 13.2. The first-order valence-electron chi connectivity index (χ1n) is 10.9. The van der Waals surface area contributed by atoms with Crippen molar-refractivity contribution in [2.45, 2.75) is 32.9 Å². The number of aliphatic hydroxyl groups is 1. The van der Waals surface area contributed by atoms with Crippen LogP contribution in [0.2, 0.25) is 0 Å². The lowest BCUT2D eigenvalue weighted by molar-refractivity contribution is -0.139. The Labute approximate surface area is 192 Å². The first-order valence-corrected chi connectivity index (χ1v) is 10.9. The van der Waals surface area contributed by atoms with Crippen molar-refractivity contribution in [2.24, 2.45) is 0 Å². The first kappa shape index (κ1) is 22.3. The van der Waals surface area contributed by atoms with E-state index in [-0.39, 0.29) is 11.3 Å². The van der Waals surface area contributed by atoms with Crippen LogP contribution in [0.3, 0.4) is 0 Å². The van der Waals surface area contributed by atoms with Gasteiger partial charge in [-0.05, 0) is 49.6 Å². The molecule has 0 aliphatic carbocycles. The number of Topliss-reactive ketones (excluding diaryl/α,β-unsaturated/α-hetero) is 1. The van der Waals surface area contributed by atoms with Crippen LogP contribution in [0.1, 0.15) is 34.7 Å². The summed E-state index contributed by atoms with van der Waals surface area (Å²) in [5.41, 5.74) is 3.15. The van der Waals surface area contributed by atoms with Crippen LogP contribution in [-0.4, -0.2) is 44.9 Å². The van der Waals surface area contributed by atoms with Gasteiger partial charge in [-0.3, -0.25) is 9.59 Å². The molecule has 7 heteroatoms. The predicted molar refractivity (Wildman–Crippen MR) is 125 cm³/mol. The summed E-state index contributed by atoms with van der Waals surface area (Å²) >= 11 is 0. The van der Waals surface area contributed by atoms with E-state index < -0.39 is 17.7 Å². The van der Waals surface area contributed by atoms with Crippen molar-refractivity contribution in [3.63, 3.8) is 0 Å². The SMILES string of the molecule is COc1cccc(C2/C(=C(\O)c3cc(C)ccc3C)C(=O)C(=O)N2CCCn2ccnc2)c1. The zero-order valence-electron chi connectivity index (χ0n) is 19.0. The third kappa shape index (κ3) is 4.39. The van der Waals surface area contributed by atoms with Crippen molar-refractivity contribution in [1.29, 1.82) is 0 Å². The van der Waals surface area contributed by atoms with Gasteiger partial charge in [0.25, 0.3) is 11.7 Å². The number of aryl methyl sites for hydroxylation is 3. The summed E-state index contributed by atoms with van der Waals surface area (Å²) in [5.74, 6) is -0.827. The lowest BCUT2D eigenvalue weighted by atomic mass is 9.93. The van der Waals surface area contributed by atoms with Gasteiger partial charge in [-0.15, -0.1) is 0 Å². The molecule has 2 heterocycles. The van der Waals surface area contributed by atoms with E-state index in [4.69, 9.17) is 4.74 Å². The highest BCUT2D eigenvalue weighted by molar-refractivity contribution is 6.46. The Bertz CT molecular complexity index is 1210. The molecule has 1 amide bonds. The van der Waals surface area contributed by atoms with Gasteiger partial charge in [-0.25, -0.2) is 4.98 Å². The molecule has 2 aromatic carbocycles. The Balaban J connectivity index is 1.78. The summed E-state index contributed by atoms with van der Waals surface area (Å²) in [5, 5.41) is 11.3. The van der Waals surface area contributed by atoms with Crippen molar-refractivity contribution >= 4 is 17.4 Å². The average molecular weight is 446 g/mol. The van der Waals surface area contributed by atoms with Crippen molar-refractivity contribution in [3.05, 3.63) is 89.0 Å². The van der Waals surface area contributed by atoms with E-state index in [1.807, 2.05) is 54.9 Å². The van der Waals surface area contributed by atoms with Gasteiger partial charge in [0, 0.05) is 31.0 Å². The smallest absolute Gasteiger partial charge is 0.295 e. The summed E-state index contributed by atoms with van der Waals surface area (Å²) in [7, 11) is 1.57. The number of ether oxygens (including phenoxy) is 1. The van der Waals surface area contributed by atoms with E-state index in [0.29, 0.717) is 36.4 Å². The summed E-state index contributed by atoms with van der Waals surface area (Å²) in [6.07, 6.45) is 5.91. The summed E-state index contributed by atoms with van der Waals surface area (Å²) in [6, 6.07) is 12.2. The molecule has 1 fully saturated rings. The molecule has 7 nitrogen and oxygen atoms in total. The lowest BCUT2D eigenvalue weighted by Gasteiger charge is -2.26. The summed E-state index contributed by atoms with van der Waals surface area (Å²) in [6.45, 7) is 4.81. The van der Waals surface area contributed by atoms with Gasteiger partial charge in [-0.1, -0.05) is 29.8 Å². The second kappa shape index (κ2) is 9.32. The minimum atomic E-state index is -0.706. The number of aliphatic hydroxyl groups excluding tert-OH is 1. The number of aromatic nitrogens is 2. The fourth-order valence-electron chi connectivity index (χ4n) is 4.25. The van der Waals surface area contributed by atoms with Crippen LogP contribution in [0.25, 0.3) is 5.76 Å². The minimum absolute atomic E-state index is 0.101. The molecule has 33 heavy (non-hydrogen) atoms. The molecule has 1 aliphatic rings. The minimum Gasteiger partial charge on any atom is -0.507 e. The number of imidazole rings is 1. The third-order valence-electron chi connectivity index (χ3n) is 5.97. The highest BCUT2D eigenvalue weighted by Crippen LogP contribution is 2.40. The predicted octanol–water partition coefficient (Wildman–Crippen LogP) is 4.02. The first-order chi connectivity index (χ1) is 15.9. The van der Waals surface area contributed by atoms with Crippen molar-refractivity contribution in [2.75, 3.05) is 13.7 Å². The maximum absolute atomic E-state index is 13.2. The van der Waals surface area contributed by atoms with Gasteiger partial charge in [-0.2, -0.15) is 0 Å². The molecule has 1 unspecified atom stereocenters. The van der Waals surface area contributed by atoms with Crippen LogP contribution in [0.15, 0.2) is 66.8 Å². The van der Waals surface area contributed by atoms with Crippen LogP contribution in [-0.2, 0) is 16.1 Å². The van der Waals surface area contributed by atoms with Crippen LogP contribution >= 0.6 is 0 Å². The molecule has 1 atom stereocenters. The van der Waals surface area contributed by atoms with Gasteiger partial charge < -0.3 is 19.3 Å². The van der Waals surface area contributed by atoms with Crippen molar-refractivity contribution in [3.8, 4) is 5.75 Å². The van der Waals surface area contributed by atoms with Crippen LogP contribution in [0.4, 0.5) is 0 Å². The third-order valence-corrected chi connectivity index (χ3v) is 5.97. The Morgan fingerprint density at radius 3 is 2.67 bits per heavy atom. The number of carbonyl (C=O) groups excluding carboxylic acids is 2. The number of likely N-dealkylation sites (tertiary alicyclic amines) is 1. The largest absolute Gasteiger partial charge is 0.507 e. The normalized spacial score (nSPS) is 17.5. The van der Waals surface area contributed by atoms with Gasteiger partial charge in [0.15, 0.2) is 0 Å². The van der Waals surface area contributed by atoms with E-state index >= 15 is 0 Å². The number of benzene rings is 2. The lowest BCUT2D eigenvalue weighted by Crippen LogP contribution is -2.31. The van der Waals surface area contributed by atoms with E-state index in [2.05, 4.69) is 4.98 Å². The highest BCUT2D eigenvalue weighted by Gasteiger charge is 2.46. The Hall–Kier alpha value is -3.87. The number of hydrogen-bond donors (Lipinski definition) is 1. The monoisotopic (exact) mass is 445 g/mol. The number of nitrogens with zero attached hydrogens (tertiary/aromatic N) is 3. The molecule has 0 saturated carbocycles. The highest BCUT2D eigenvalue weighted by atomic mass is 16.5. The average Bonchev–Trinajstić information content (AvgIpc) is 3.42. The Morgan fingerprint density at radius 2 is 1.94 bits per heavy atom. The standard InChI is InChI=1S/C26H27N3O4/c1-17-8-9-18(2)21(14-17)24(30)22-23(19-6-4-7-20(15-19)33-3)29(26(32)25(22)31)12-5-11-28-13-10-27-16-28/h4,6-10,13-16,23,30H,5,11-12H2,1-3H3/b24-22+. The fourth-order valence-corrected chi connectivity index (χ4v) is 4.25. The maximum Gasteiger partial charge on any atom is 0.295 e. The molecule has 3 aromatic rings. The number of rotatable bonds is 7. The Morgan fingerprint density at radius 1 is 1.12 bits per heavy atom. The van der Waals surface area contributed by atoms with E-state index in [0.717, 1.165) is 11.1 Å². The number of amides is 1. The number of hydrogen-bond acceptors (Lipinski definition) is 5. The van der Waals surface area contributed by atoms with Gasteiger partial charge in [0.1, 0.15) is 11.5 Å². The van der Waals surface area contributed by atoms with Gasteiger partial charge >= 0.3 is 0 Å². The topological polar surface area (TPSA) is 84.7 Å². The molecular formula is C26H27N3O4. The molecule has 1 aliphatic heterocycles. The van der Waals surface area contributed by atoms with Crippen molar-refractivity contribution in [1.82, 2.24) is 14.5 Å². The molecular weight excluding hydrogens is 418 g/mol. The molecule has 1 saturated heterocycles. The molecule has 0 spiro atoms. The molecule has 0 bridgehead atoms. The zero-order chi connectivity index (χ0) is 23.5. The van der Waals surface area contributed by atoms with Crippen molar-refractivity contribution < 1.29 is 19.4 Å². The Kier molecular flexibility index (Phi) is 6.31. The van der Waals surface area contributed by atoms with Crippen LogP contribution < -0.4 is 4.74 Å². The molecule has 4 rings (SSSR count). The number of methoxy groups -OCH3 is 1. The molecule has 170 valence electrons. The van der Waals surface area contributed by atoms with Gasteiger partial charge in [0.2, 0.25) is 0 Å². The molecule has 1 aromatic heterocycles. The zero-order valence-corrected chi connectivity index (χ0v) is 19.0. The summed E-state index contributed by atoms with van der Waals surface area (Å²) < 4.78 is 7.30. The molecule has 0 radical (unpaired) electrons. The number of ketones is 1. The van der Waals surface area contributed by atoms with E-state index in [1.165, 1.54) is 0 Å². The van der Waals surface area contributed by atoms with E-state index in [9.17, 15) is 14.7 Å². The van der Waals surface area contributed by atoms with Gasteiger partial charge in [0.05, 0.1) is 25.1 Å². The van der Waals surface area contributed by atoms with Crippen LogP contribution in [0.5, 0.6) is 5.75 Å². The number of carbonyl (C=O) groups is 2. The summed E-state index contributed by atoms with van der Waals surface area (Å²) in [4.78, 5) is 31.9. The van der Waals surface area contributed by atoms with Crippen LogP contribution in [0, 0.1) is 13.8 Å². The molecule has 1 N–H and O–H groups in total. The second-order valence-corrected chi connectivity index (χ2v) is 8.24.